The first-order valence-corrected chi connectivity index (χ1v) is 11.7. The van der Waals surface area contributed by atoms with Gasteiger partial charge in [-0.15, -0.1) is 0 Å². The Hall–Kier alpha value is -2.12. The van der Waals surface area contributed by atoms with E-state index < -0.39 is 14.4 Å². The molecule has 6 nitrogen and oxygen atoms in total. The summed E-state index contributed by atoms with van der Waals surface area (Å²) < 4.78 is 7.89. The van der Waals surface area contributed by atoms with Crippen molar-refractivity contribution in [2.75, 3.05) is 11.9 Å². The van der Waals surface area contributed by atoms with E-state index in [1.807, 2.05) is 37.3 Å². The lowest BCUT2D eigenvalue weighted by Gasteiger charge is -2.36. The smallest absolute Gasteiger partial charge is 0.410 e. The fourth-order valence-corrected chi connectivity index (χ4v) is 3.45. The summed E-state index contributed by atoms with van der Waals surface area (Å²) >= 11 is 0. The van der Waals surface area contributed by atoms with Crippen LogP contribution in [0.1, 0.15) is 32.0 Å². The first kappa shape index (κ1) is 20.2. The predicted octanol–water partition coefficient (Wildman–Crippen LogP) is 4.83. The average molecular weight is 376 g/mol. The number of anilines is 1. The van der Waals surface area contributed by atoms with Gasteiger partial charge >= 0.3 is 6.09 Å². The second-order valence-electron chi connectivity index (χ2n) is 7.96. The van der Waals surface area contributed by atoms with Gasteiger partial charge in [-0.3, -0.25) is 5.32 Å². The summed E-state index contributed by atoms with van der Waals surface area (Å²) in [6.07, 6.45) is -0.457. The summed E-state index contributed by atoms with van der Waals surface area (Å²) in [5.41, 5.74) is 2.49. The van der Waals surface area contributed by atoms with E-state index in [0.29, 0.717) is 18.8 Å². The standard InChI is InChI=1S/C19H29N3O3Si/c1-14-16(12-13-25-26(5,6)19(2,3)4)21-22(17(14)20-18(23)24)15-10-8-7-9-11-15/h7-11,20H,12-13H2,1-6H3,(H,23,24). The molecular formula is C19H29N3O3Si. The second-order valence-corrected chi connectivity index (χ2v) is 12.8. The Kier molecular flexibility index (Phi) is 5.93. The normalized spacial score (nSPS) is 12.2. The van der Waals surface area contributed by atoms with Crippen molar-refractivity contribution in [2.45, 2.75) is 52.2 Å². The van der Waals surface area contributed by atoms with Crippen molar-refractivity contribution in [2.24, 2.45) is 0 Å². The van der Waals surface area contributed by atoms with Crippen LogP contribution in [0, 0.1) is 6.92 Å². The zero-order valence-corrected chi connectivity index (χ0v) is 17.5. The highest BCUT2D eigenvalue weighted by Gasteiger charge is 2.37. The maximum Gasteiger partial charge on any atom is 0.410 e. The third-order valence-electron chi connectivity index (χ3n) is 5.05. The average Bonchev–Trinajstić information content (AvgIpc) is 2.83. The number of rotatable bonds is 6. The van der Waals surface area contributed by atoms with E-state index in [1.54, 1.807) is 4.68 Å². The molecule has 7 heteroatoms. The molecule has 2 N–H and O–H groups in total. The Morgan fingerprint density at radius 3 is 2.42 bits per heavy atom. The third-order valence-corrected chi connectivity index (χ3v) is 9.59. The van der Waals surface area contributed by atoms with Gasteiger partial charge in [0.2, 0.25) is 0 Å². The lowest BCUT2D eigenvalue weighted by Crippen LogP contribution is -2.41. The molecule has 0 fully saturated rings. The molecule has 0 atom stereocenters. The van der Waals surface area contributed by atoms with Gasteiger partial charge in [0, 0.05) is 18.6 Å². The van der Waals surface area contributed by atoms with Crippen LogP contribution >= 0.6 is 0 Å². The number of benzene rings is 1. The minimum Gasteiger partial charge on any atom is -0.465 e. The van der Waals surface area contributed by atoms with E-state index in [0.717, 1.165) is 16.9 Å². The van der Waals surface area contributed by atoms with Crippen molar-refractivity contribution in [1.29, 1.82) is 0 Å². The number of amides is 1. The highest BCUT2D eigenvalue weighted by molar-refractivity contribution is 6.74. The number of hydrogen-bond donors (Lipinski definition) is 2. The van der Waals surface area contributed by atoms with Gasteiger partial charge in [0.1, 0.15) is 5.82 Å². The highest BCUT2D eigenvalue weighted by atomic mass is 28.4. The molecule has 1 aromatic carbocycles. The van der Waals surface area contributed by atoms with E-state index in [1.165, 1.54) is 0 Å². The van der Waals surface area contributed by atoms with Crippen LogP contribution in [0.15, 0.2) is 30.3 Å². The molecule has 0 aliphatic heterocycles. The van der Waals surface area contributed by atoms with Gasteiger partial charge in [0.25, 0.3) is 0 Å². The fraction of sp³-hybridized carbons (Fsp3) is 0.474. The van der Waals surface area contributed by atoms with Crippen molar-refractivity contribution in [3.05, 3.63) is 41.6 Å². The van der Waals surface area contributed by atoms with Crippen LogP contribution in [-0.2, 0) is 10.8 Å². The molecule has 0 unspecified atom stereocenters. The molecule has 1 aromatic heterocycles. The number of nitrogens with one attached hydrogen (secondary N) is 1. The van der Waals surface area contributed by atoms with Gasteiger partial charge in [0.15, 0.2) is 8.32 Å². The minimum atomic E-state index is -1.82. The summed E-state index contributed by atoms with van der Waals surface area (Å²) in [7, 11) is -1.82. The zero-order chi connectivity index (χ0) is 19.5. The Morgan fingerprint density at radius 1 is 1.27 bits per heavy atom. The first-order valence-electron chi connectivity index (χ1n) is 8.81. The van der Waals surface area contributed by atoms with Gasteiger partial charge in [-0.2, -0.15) is 5.10 Å². The minimum absolute atomic E-state index is 0.154. The molecule has 0 aliphatic carbocycles. The van der Waals surface area contributed by atoms with Crippen molar-refractivity contribution in [3.63, 3.8) is 0 Å². The third kappa shape index (κ3) is 4.53. The largest absolute Gasteiger partial charge is 0.465 e. The SMILES string of the molecule is Cc1c(CCO[Si](C)(C)C(C)(C)C)nn(-c2ccccc2)c1NC(=O)O. The van der Waals surface area contributed by atoms with E-state index in [9.17, 15) is 9.90 Å². The molecule has 1 amide bonds. The molecule has 2 rings (SSSR count). The van der Waals surface area contributed by atoms with Gasteiger partial charge < -0.3 is 9.53 Å². The molecule has 0 bridgehead atoms. The summed E-state index contributed by atoms with van der Waals surface area (Å²) in [6, 6.07) is 9.51. The van der Waals surface area contributed by atoms with Gasteiger partial charge in [0.05, 0.1) is 11.4 Å². The lowest BCUT2D eigenvalue weighted by molar-refractivity contribution is 0.209. The molecule has 1 heterocycles. The lowest BCUT2D eigenvalue weighted by atomic mass is 10.2. The van der Waals surface area contributed by atoms with Crippen molar-refractivity contribution >= 4 is 20.2 Å². The monoisotopic (exact) mass is 375 g/mol. The molecular weight excluding hydrogens is 346 g/mol. The summed E-state index contributed by atoms with van der Waals surface area (Å²) in [6.45, 7) is 13.5. The number of para-hydroxylation sites is 1. The van der Waals surface area contributed by atoms with Gasteiger partial charge in [-0.1, -0.05) is 39.0 Å². The van der Waals surface area contributed by atoms with Crippen molar-refractivity contribution in [1.82, 2.24) is 9.78 Å². The Morgan fingerprint density at radius 2 is 1.88 bits per heavy atom. The number of aromatic nitrogens is 2. The summed E-state index contributed by atoms with van der Waals surface area (Å²) in [4.78, 5) is 11.2. The maximum atomic E-state index is 11.2. The number of carboxylic acid groups (broad SMARTS) is 1. The van der Waals surface area contributed by atoms with Gasteiger partial charge in [-0.25, -0.2) is 9.48 Å². The Bertz CT molecular complexity index is 764. The van der Waals surface area contributed by atoms with Crippen LogP contribution < -0.4 is 5.32 Å². The Labute approximate surface area is 156 Å². The van der Waals surface area contributed by atoms with Gasteiger partial charge in [-0.05, 0) is 37.2 Å². The summed E-state index contributed by atoms with van der Waals surface area (Å²) in [5, 5.41) is 16.4. The molecule has 0 saturated carbocycles. The van der Waals surface area contributed by atoms with E-state index in [-0.39, 0.29) is 5.04 Å². The van der Waals surface area contributed by atoms with E-state index >= 15 is 0 Å². The van der Waals surface area contributed by atoms with Crippen LogP contribution in [0.25, 0.3) is 5.69 Å². The van der Waals surface area contributed by atoms with Crippen LogP contribution in [-0.4, -0.2) is 35.9 Å². The number of carbonyl (C=O) groups is 1. The second kappa shape index (κ2) is 7.63. The number of nitrogens with zero attached hydrogens (tertiary/aromatic N) is 2. The zero-order valence-electron chi connectivity index (χ0n) is 16.5. The van der Waals surface area contributed by atoms with Crippen molar-refractivity contribution < 1.29 is 14.3 Å². The van der Waals surface area contributed by atoms with Crippen LogP contribution in [0.5, 0.6) is 0 Å². The number of hydrogen-bond acceptors (Lipinski definition) is 3. The highest BCUT2D eigenvalue weighted by Crippen LogP contribution is 2.36. The van der Waals surface area contributed by atoms with E-state index in [2.05, 4.69) is 44.3 Å². The van der Waals surface area contributed by atoms with Crippen molar-refractivity contribution in [3.8, 4) is 5.69 Å². The molecule has 142 valence electrons. The fourth-order valence-electron chi connectivity index (χ4n) is 2.40. The molecule has 26 heavy (non-hydrogen) atoms. The molecule has 0 aliphatic rings. The predicted molar refractivity (Wildman–Crippen MR) is 107 cm³/mol. The first-order chi connectivity index (χ1) is 12.0. The molecule has 0 saturated heterocycles. The van der Waals surface area contributed by atoms with Crippen LogP contribution in [0.3, 0.4) is 0 Å². The van der Waals surface area contributed by atoms with E-state index in [4.69, 9.17) is 4.43 Å². The maximum absolute atomic E-state index is 11.2. The topological polar surface area (TPSA) is 76.4 Å². The quantitative estimate of drug-likeness (QED) is 0.709. The Balaban J connectivity index is 2.24. The van der Waals surface area contributed by atoms with Crippen LogP contribution in [0.2, 0.25) is 18.1 Å². The molecule has 0 spiro atoms. The van der Waals surface area contributed by atoms with Crippen LogP contribution in [0.4, 0.5) is 10.6 Å². The molecule has 2 aromatic rings. The summed E-state index contributed by atoms with van der Waals surface area (Å²) in [5.74, 6) is 0.478. The molecule has 0 radical (unpaired) electrons.